The summed E-state index contributed by atoms with van der Waals surface area (Å²) in [5.41, 5.74) is -0.0560. The van der Waals surface area contributed by atoms with Crippen molar-refractivity contribution in [1.82, 2.24) is 0 Å². The predicted octanol–water partition coefficient (Wildman–Crippen LogP) is 1.09. The van der Waals surface area contributed by atoms with Crippen molar-refractivity contribution >= 4 is 0 Å². The smallest absolute Gasteiger partial charge is 0.160 e. The van der Waals surface area contributed by atoms with Crippen molar-refractivity contribution < 1.29 is 24.1 Å². The van der Waals surface area contributed by atoms with Gasteiger partial charge in [-0.05, 0) is 31.6 Å². The third-order valence-corrected chi connectivity index (χ3v) is 4.60. The molecule has 0 aromatic carbocycles. The highest BCUT2D eigenvalue weighted by molar-refractivity contribution is 4.91. The topological polar surface area (TPSA) is 57.2 Å². The number of hydrogen-bond acceptors (Lipinski definition) is 5. The van der Waals surface area contributed by atoms with E-state index >= 15 is 0 Å². The van der Waals surface area contributed by atoms with E-state index in [9.17, 15) is 5.11 Å². The minimum absolute atomic E-state index is 0.0560. The molecule has 0 bridgehead atoms. The van der Waals surface area contributed by atoms with Crippen LogP contribution in [0.15, 0.2) is 0 Å². The van der Waals surface area contributed by atoms with Crippen LogP contribution in [-0.2, 0) is 18.9 Å². The average molecular weight is 272 g/mol. The molecule has 0 amide bonds. The predicted molar refractivity (Wildman–Crippen MR) is 67.8 cm³/mol. The van der Waals surface area contributed by atoms with Gasteiger partial charge in [-0.15, -0.1) is 0 Å². The van der Waals surface area contributed by atoms with Crippen LogP contribution in [-0.4, -0.2) is 56.1 Å². The van der Waals surface area contributed by atoms with Crippen molar-refractivity contribution in [3.8, 4) is 0 Å². The number of aliphatic hydroxyl groups is 1. The summed E-state index contributed by atoms with van der Waals surface area (Å²) < 4.78 is 22.3. The Hall–Kier alpha value is -0.200. The summed E-state index contributed by atoms with van der Waals surface area (Å²) in [6.45, 7) is 3.59. The van der Waals surface area contributed by atoms with Crippen molar-refractivity contribution in [2.45, 2.75) is 50.1 Å². The van der Waals surface area contributed by atoms with Crippen molar-refractivity contribution in [1.29, 1.82) is 0 Å². The molecule has 1 spiro atoms. The first-order valence-corrected chi connectivity index (χ1v) is 7.40. The molecule has 0 aromatic heterocycles. The fourth-order valence-electron chi connectivity index (χ4n) is 3.42. The molecule has 3 aliphatic heterocycles. The molecule has 19 heavy (non-hydrogen) atoms. The summed E-state index contributed by atoms with van der Waals surface area (Å²) in [7, 11) is 0. The molecule has 1 N–H and O–H groups in total. The molecule has 0 aliphatic carbocycles. The zero-order valence-corrected chi connectivity index (χ0v) is 11.4. The third-order valence-electron chi connectivity index (χ3n) is 4.60. The fourth-order valence-corrected chi connectivity index (χ4v) is 3.42. The molecule has 110 valence electrons. The Morgan fingerprint density at radius 2 is 1.79 bits per heavy atom. The minimum atomic E-state index is -0.355. The Balaban J connectivity index is 1.54. The van der Waals surface area contributed by atoms with E-state index in [1.165, 1.54) is 0 Å². The van der Waals surface area contributed by atoms with Crippen molar-refractivity contribution in [2.75, 3.05) is 33.0 Å². The van der Waals surface area contributed by atoms with Gasteiger partial charge in [0, 0.05) is 26.2 Å². The SMILES string of the molecule is OC(CC1OCCO1)C1CCOC2(CCOCC2)C1. The van der Waals surface area contributed by atoms with Gasteiger partial charge in [-0.3, -0.25) is 0 Å². The van der Waals surface area contributed by atoms with Gasteiger partial charge in [0.1, 0.15) is 0 Å². The maximum absolute atomic E-state index is 10.4. The average Bonchev–Trinajstić information content (AvgIpc) is 2.92. The van der Waals surface area contributed by atoms with Gasteiger partial charge in [-0.25, -0.2) is 0 Å². The maximum atomic E-state index is 10.4. The Morgan fingerprint density at radius 1 is 1.05 bits per heavy atom. The van der Waals surface area contributed by atoms with Gasteiger partial charge < -0.3 is 24.1 Å². The van der Waals surface area contributed by atoms with Crippen molar-refractivity contribution in [3.05, 3.63) is 0 Å². The van der Waals surface area contributed by atoms with Gasteiger partial charge in [0.05, 0.1) is 24.9 Å². The Morgan fingerprint density at radius 3 is 2.53 bits per heavy atom. The molecule has 5 nitrogen and oxygen atoms in total. The molecular weight excluding hydrogens is 248 g/mol. The lowest BCUT2D eigenvalue weighted by Crippen LogP contribution is -2.47. The highest BCUT2D eigenvalue weighted by Gasteiger charge is 2.41. The lowest BCUT2D eigenvalue weighted by Gasteiger charge is -2.44. The lowest BCUT2D eigenvalue weighted by atomic mass is 9.78. The summed E-state index contributed by atoms with van der Waals surface area (Å²) in [6, 6.07) is 0. The zero-order valence-electron chi connectivity index (χ0n) is 11.4. The first-order valence-electron chi connectivity index (χ1n) is 7.40. The minimum Gasteiger partial charge on any atom is -0.393 e. The van der Waals surface area contributed by atoms with Crippen LogP contribution in [0.1, 0.15) is 32.1 Å². The number of ether oxygens (including phenoxy) is 4. The summed E-state index contributed by atoms with van der Waals surface area (Å²) in [5.74, 6) is 0.291. The fraction of sp³-hybridized carbons (Fsp3) is 1.00. The van der Waals surface area contributed by atoms with Gasteiger partial charge in [0.2, 0.25) is 0 Å². The van der Waals surface area contributed by atoms with E-state index in [2.05, 4.69) is 0 Å². The van der Waals surface area contributed by atoms with Gasteiger partial charge in [-0.1, -0.05) is 0 Å². The van der Waals surface area contributed by atoms with Gasteiger partial charge >= 0.3 is 0 Å². The Bertz CT molecular complexity index is 278. The van der Waals surface area contributed by atoms with Crippen LogP contribution in [0.2, 0.25) is 0 Å². The van der Waals surface area contributed by atoms with Crippen LogP contribution in [0.3, 0.4) is 0 Å². The van der Waals surface area contributed by atoms with Gasteiger partial charge in [0.25, 0.3) is 0 Å². The Kier molecular flexibility index (Phi) is 4.39. The van der Waals surface area contributed by atoms with Crippen LogP contribution >= 0.6 is 0 Å². The van der Waals surface area contributed by atoms with Crippen LogP contribution in [0.4, 0.5) is 0 Å². The van der Waals surface area contributed by atoms with E-state index in [4.69, 9.17) is 18.9 Å². The normalized spacial score (nSPS) is 33.6. The second-order valence-corrected chi connectivity index (χ2v) is 5.87. The number of hydrogen-bond donors (Lipinski definition) is 1. The van der Waals surface area contributed by atoms with Crippen LogP contribution in [0.25, 0.3) is 0 Å². The quantitative estimate of drug-likeness (QED) is 0.833. The second-order valence-electron chi connectivity index (χ2n) is 5.87. The standard InChI is InChI=1S/C14H24O5/c15-12(9-13-17-7-8-18-13)11-1-4-19-14(10-11)2-5-16-6-3-14/h11-13,15H,1-10H2. The molecule has 3 saturated heterocycles. The molecule has 0 aromatic rings. The molecule has 2 atom stereocenters. The molecule has 3 aliphatic rings. The van der Waals surface area contributed by atoms with Crippen LogP contribution in [0.5, 0.6) is 0 Å². The number of aliphatic hydroxyl groups excluding tert-OH is 1. The van der Waals surface area contributed by atoms with E-state index < -0.39 is 0 Å². The maximum Gasteiger partial charge on any atom is 0.160 e. The molecule has 3 fully saturated rings. The molecular formula is C14H24O5. The summed E-state index contributed by atoms with van der Waals surface area (Å²) in [4.78, 5) is 0. The second kappa shape index (κ2) is 6.06. The molecule has 5 heteroatoms. The van der Waals surface area contributed by atoms with Crippen LogP contribution in [0, 0.1) is 5.92 Å². The highest BCUT2D eigenvalue weighted by atomic mass is 16.7. The molecule has 3 heterocycles. The third kappa shape index (κ3) is 3.28. The van der Waals surface area contributed by atoms with E-state index in [0.29, 0.717) is 25.6 Å². The van der Waals surface area contributed by atoms with E-state index in [0.717, 1.165) is 45.5 Å². The Labute approximate surface area is 114 Å². The van der Waals surface area contributed by atoms with Gasteiger partial charge in [-0.2, -0.15) is 0 Å². The van der Waals surface area contributed by atoms with Crippen LogP contribution < -0.4 is 0 Å². The summed E-state index contributed by atoms with van der Waals surface area (Å²) in [5, 5.41) is 10.4. The van der Waals surface area contributed by atoms with Gasteiger partial charge in [0.15, 0.2) is 6.29 Å². The molecule has 2 unspecified atom stereocenters. The largest absolute Gasteiger partial charge is 0.393 e. The van der Waals surface area contributed by atoms with E-state index in [1.807, 2.05) is 0 Å². The first-order chi connectivity index (χ1) is 9.27. The molecule has 3 rings (SSSR count). The monoisotopic (exact) mass is 272 g/mol. The molecule has 0 saturated carbocycles. The summed E-state index contributed by atoms with van der Waals surface area (Å²) in [6.07, 6.45) is 3.77. The van der Waals surface area contributed by atoms with Crippen molar-refractivity contribution in [2.24, 2.45) is 5.92 Å². The van der Waals surface area contributed by atoms with Crippen molar-refractivity contribution in [3.63, 3.8) is 0 Å². The summed E-state index contributed by atoms with van der Waals surface area (Å²) >= 11 is 0. The molecule has 0 radical (unpaired) electrons. The first kappa shape index (κ1) is 13.8. The lowest BCUT2D eigenvalue weighted by molar-refractivity contribution is -0.165. The van der Waals surface area contributed by atoms with E-state index in [-0.39, 0.29) is 18.0 Å². The zero-order chi connectivity index (χ0) is 13.1. The highest BCUT2D eigenvalue weighted by Crippen LogP contribution is 2.39. The van der Waals surface area contributed by atoms with E-state index in [1.54, 1.807) is 0 Å². The number of rotatable bonds is 3.